The van der Waals surface area contributed by atoms with Gasteiger partial charge in [-0.15, -0.1) is 0 Å². The zero-order chi connectivity index (χ0) is 19.1. The van der Waals surface area contributed by atoms with Crippen LogP contribution in [0.5, 0.6) is 11.5 Å². The molecule has 0 fully saturated rings. The van der Waals surface area contributed by atoms with Crippen LogP contribution in [0.2, 0.25) is 0 Å². The zero-order valence-corrected chi connectivity index (χ0v) is 14.8. The molecule has 0 saturated carbocycles. The fraction of sp³-hybridized carbons (Fsp3) is 0.263. The maximum atomic E-state index is 13.7. The molecular weight excluding hydrogens is 353 g/mol. The Labute approximate surface area is 154 Å². The quantitative estimate of drug-likeness (QED) is 0.541. The van der Waals surface area contributed by atoms with Gasteiger partial charge in [0.15, 0.2) is 11.5 Å². The molecule has 0 spiro atoms. The molecule has 0 radical (unpaired) electrons. The lowest BCUT2D eigenvalue weighted by Gasteiger charge is -2.25. The normalized spacial score (nSPS) is 16.2. The van der Waals surface area contributed by atoms with E-state index in [9.17, 15) is 14.5 Å². The molecule has 2 N–H and O–H groups in total. The van der Waals surface area contributed by atoms with E-state index in [2.05, 4.69) is 10.3 Å². The van der Waals surface area contributed by atoms with E-state index in [0.717, 1.165) is 22.2 Å². The number of ether oxygens (including phenoxy) is 2. The smallest absolute Gasteiger partial charge is 0.278 e. The van der Waals surface area contributed by atoms with E-state index >= 15 is 0 Å². The molecule has 0 saturated heterocycles. The van der Waals surface area contributed by atoms with Gasteiger partial charge in [0.25, 0.3) is 5.69 Å². The van der Waals surface area contributed by atoms with Crippen molar-refractivity contribution >= 4 is 16.6 Å². The first-order valence-electron chi connectivity index (χ1n) is 8.47. The first-order valence-corrected chi connectivity index (χ1v) is 8.47. The minimum absolute atomic E-state index is 0.0668. The van der Waals surface area contributed by atoms with Crippen LogP contribution in [0.15, 0.2) is 30.3 Å². The van der Waals surface area contributed by atoms with Crippen LogP contribution in [-0.4, -0.2) is 30.7 Å². The molecule has 0 aliphatic carbocycles. The number of hydrogen-bond acceptors (Lipinski definition) is 5. The number of rotatable bonds is 4. The summed E-state index contributed by atoms with van der Waals surface area (Å²) >= 11 is 0. The summed E-state index contributed by atoms with van der Waals surface area (Å²) in [6.45, 7) is 0.618. The molecule has 1 aliphatic rings. The summed E-state index contributed by atoms with van der Waals surface area (Å²) in [5.74, 6) is 0.397. The van der Waals surface area contributed by atoms with Crippen molar-refractivity contribution in [2.24, 2.45) is 0 Å². The molecule has 0 amide bonds. The third-order valence-corrected chi connectivity index (χ3v) is 4.95. The van der Waals surface area contributed by atoms with E-state index < -0.39 is 11.0 Å². The SMILES string of the molecule is COc1cc(C2NCCc3c2[nH]c2ccc(F)cc32)c([N+](=O)[O-])cc1OC. The fourth-order valence-corrected chi connectivity index (χ4v) is 3.74. The van der Waals surface area contributed by atoms with Gasteiger partial charge in [-0.25, -0.2) is 4.39 Å². The van der Waals surface area contributed by atoms with Gasteiger partial charge < -0.3 is 19.8 Å². The number of nitrogens with one attached hydrogen (secondary N) is 2. The summed E-state index contributed by atoms with van der Waals surface area (Å²) in [4.78, 5) is 14.5. The van der Waals surface area contributed by atoms with Crippen LogP contribution in [0.25, 0.3) is 10.9 Å². The lowest BCUT2D eigenvalue weighted by Crippen LogP contribution is -2.31. The van der Waals surface area contributed by atoms with Crippen molar-refractivity contribution in [2.45, 2.75) is 12.5 Å². The molecule has 4 rings (SSSR count). The van der Waals surface area contributed by atoms with Gasteiger partial charge in [0, 0.05) is 23.1 Å². The van der Waals surface area contributed by atoms with Gasteiger partial charge >= 0.3 is 0 Å². The van der Waals surface area contributed by atoms with Crippen molar-refractivity contribution < 1.29 is 18.8 Å². The highest BCUT2D eigenvalue weighted by Crippen LogP contribution is 2.41. The zero-order valence-electron chi connectivity index (χ0n) is 14.8. The molecular formula is C19H18FN3O4. The number of methoxy groups -OCH3 is 2. The molecule has 1 unspecified atom stereocenters. The van der Waals surface area contributed by atoms with Crippen molar-refractivity contribution in [3.8, 4) is 11.5 Å². The predicted molar refractivity (Wildman–Crippen MR) is 98.0 cm³/mol. The van der Waals surface area contributed by atoms with Gasteiger partial charge in [-0.2, -0.15) is 0 Å². The van der Waals surface area contributed by atoms with Crippen LogP contribution in [0, 0.1) is 15.9 Å². The number of fused-ring (bicyclic) bond motifs is 3. The fourth-order valence-electron chi connectivity index (χ4n) is 3.74. The number of nitro benzene ring substituents is 1. The molecule has 27 heavy (non-hydrogen) atoms. The Morgan fingerprint density at radius 1 is 1.19 bits per heavy atom. The molecule has 140 valence electrons. The maximum absolute atomic E-state index is 13.7. The number of aromatic nitrogens is 1. The number of nitro groups is 1. The molecule has 0 bridgehead atoms. The third-order valence-electron chi connectivity index (χ3n) is 4.95. The average Bonchev–Trinajstić information content (AvgIpc) is 3.04. The van der Waals surface area contributed by atoms with Crippen LogP contribution < -0.4 is 14.8 Å². The highest BCUT2D eigenvalue weighted by atomic mass is 19.1. The summed E-state index contributed by atoms with van der Waals surface area (Å²) in [7, 11) is 2.92. The first kappa shape index (κ1) is 17.3. The summed E-state index contributed by atoms with van der Waals surface area (Å²) in [6.07, 6.45) is 0.705. The molecule has 3 aromatic rings. The minimum atomic E-state index is -0.440. The van der Waals surface area contributed by atoms with Gasteiger partial charge in [-0.05, 0) is 36.2 Å². The molecule has 1 aromatic heterocycles. The maximum Gasteiger partial charge on any atom is 0.278 e. The first-order chi connectivity index (χ1) is 13.0. The van der Waals surface area contributed by atoms with Gasteiger partial charge in [0.2, 0.25) is 0 Å². The number of hydrogen-bond donors (Lipinski definition) is 2. The third kappa shape index (κ3) is 2.78. The lowest BCUT2D eigenvalue weighted by atomic mass is 9.93. The molecule has 8 heteroatoms. The van der Waals surface area contributed by atoms with Crippen LogP contribution in [-0.2, 0) is 6.42 Å². The van der Waals surface area contributed by atoms with Crippen molar-refractivity contribution in [3.63, 3.8) is 0 Å². The Balaban J connectivity index is 1.93. The summed E-state index contributed by atoms with van der Waals surface area (Å²) in [5, 5.41) is 15.8. The predicted octanol–water partition coefficient (Wildman–Crippen LogP) is 3.47. The summed E-state index contributed by atoms with van der Waals surface area (Å²) in [6, 6.07) is 7.12. The Kier molecular flexibility index (Phi) is 4.19. The molecule has 2 heterocycles. The Bertz CT molecular complexity index is 1050. The van der Waals surface area contributed by atoms with Gasteiger partial charge in [0.1, 0.15) is 5.82 Å². The van der Waals surface area contributed by atoms with E-state index in [1.807, 2.05) is 0 Å². The summed E-state index contributed by atoms with van der Waals surface area (Å²) in [5.41, 5.74) is 2.97. The Morgan fingerprint density at radius 3 is 2.63 bits per heavy atom. The van der Waals surface area contributed by atoms with E-state index in [1.165, 1.54) is 32.4 Å². The molecule has 1 aliphatic heterocycles. The van der Waals surface area contributed by atoms with Crippen molar-refractivity contribution in [1.29, 1.82) is 0 Å². The van der Waals surface area contributed by atoms with Gasteiger partial charge in [0.05, 0.1) is 36.8 Å². The minimum Gasteiger partial charge on any atom is -0.493 e. The molecule has 7 nitrogen and oxygen atoms in total. The Hall–Kier alpha value is -3.13. The van der Waals surface area contributed by atoms with Crippen molar-refractivity contribution in [3.05, 3.63) is 63.1 Å². The van der Waals surface area contributed by atoms with Crippen LogP contribution in [0.4, 0.5) is 10.1 Å². The van der Waals surface area contributed by atoms with Crippen LogP contribution in [0.3, 0.4) is 0 Å². The molecule has 2 aromatic carbocycles. The second kappa shape index (κ2) is 6.55. The topological polar surface area (TPSA) is 89.4 Å². The van der Waals surface area contributed by atoms with E-state index in [0.29, 0.717) is 30.0 Å². The van der Waals surface area contributed by atoms with Gasteiger partial charge in [-0.3, -0.25) is 10.1 Å². The van der Waals surface area contributed by atoms with Crippen molar-refractivity contribution in [1.82, 2.24) is 10.3 Å². The highest BCUT2D eigenvalue weighted by molar-refractivity contribution is 5.85. The number of nitrogens with zero attached hydrogens (tertiary/aromatic N) is 1. The summed E-state index contributed by atoms with van der Waals surface area (Å²) < 4.78 is 24.2. The van der Waals surface area contributed by atoms with E-state index in [1.54, 1.807) is 12.1 Å². The van der Waals surface area contributed by atoms with E-state index in [4.69, 9.17) is 9.47 Å². The highest BCUT2D eigenvalue weighted by Gasteiger charge is 2.32. The van der Waals surface area contributed by atoms with E-state index in [-0.39, 0.29) is 11.5 Å². The standard InChI is InChI=1S/C19H18FN3O4/c1-26-16-8-13(15(23(24)25)9-17(16)27-2)18-19-11(5-6-21-18)12-7-10(20)3-4-14(12)22-19/h3-4,7-9,18,21-22H,5-6H2,1-2H3. The second-order valence-corrected chi connectivity index (χ2v) is 6.37. The van der Waals surface area contributed by atoms with Gasteiger partial charge in [-0.1, -0.05) is 0 Å². The lowest BCUT2D eigenvalue weighted by molar-refractivity contribution is -0.385. The van der Waals surface area contributed by atoms with Crippen LogP contribution >= 0.6 is 0 Å². The largest absolute Gasteiger partial charge is 0.493 e. The Morgan fingerprint density at radius 2 is 1.93 bits per heavy atom. The molecule has 1 atom stereocenters. The number of aromatic amines is 1. The van der Waals surface area contributed by atoms with Crippen LogP contribution in [0.1, 0.15) is 22.9 Å². The monoisotopic (exact) mass is 371 g/mol. The number of H-pyrrole nitrogens is 1. The second-order valence-electron chi connectivity index (χ2n) is 6.37. The van der Waals surface area contributed by atoms with Crippen molar-refractivity contribution in [2.75, 3.05) is 20.8 Å². The number of halogens is 1. The number of benzene rings is 2. The average molecular weight is 371 g/mol.